The summed E-state index contributed by atoms with van der Waals surface area (Å²) in [6, 6.07) is 19.3. The SMILES string of the molecule is CCNC(=O)[C@@H](NC(=O)[C@H](C)NC[C@H](Cc1ccccc1)NC(=O)c1cc(C(=O)N[C@H](C)c2ccc(C)cc2)cc(N(C)S(C)(=O)=O)c1)C(C)C. The number of rotatable bonds is 17. The van der Waals surface area contributed by atoms with Crippen molar-refractivity contribution in [2.45, 2.75) is 72.1 Å². The normalized spacial score (nSPS) is 13.7. The maximum atomic E-state index is 13.9. The Morgan fingerprint density at radius 3 is 1.92 bits per heavy atom. The Hall–Kier alpha value is -4.75. The van der Waals surface area contributed by atoms with Gasteiger partial charge in [-0.05, 0) is 69.4 Å². The first kappa shape index (κ1) is 40.7. The van der Waals surface area contributed by atoms with E-state index in [-0.39, 0.29) is 47.1 Å². The van der Waals surface area contributed by atoms with Crippen molar-refractivity contribution in [3.05, 3.63) is 101 Å². The largest absolute Gasteiger partial charge is 0.355 e. The molecule has 276 valence electrons. The van der Waals surface area contributed by atoms with Gasteiger partial charge in [-0.2, -0.15) is 0 Å². The standard InChI is InChI=1S/C38H52N6O6S/c1-9-39-38(48)34(24(2)3)43-35(45)27(6)40-23-32(19-28-13-11-10-12-14-28)42-37(47)31-20-30(21-33(22-31)44(7)51(8,49)50)36(46)41-26(5)29-17-15-25(4)16-18-29/h10-18,20-22,24,26-27,32,34,40H,9,19,23H2,1-8H3,(H,39,48)(H,41,46)(H,42,47)(H,43,45)/t26-,27+,32+,34+/m1/s1. The van der Waals surface area contributed by atoms with Crippen LogP contribution >= 0.6 is 0 Å². The van der Waals surface area contributed by atoms with E-state index in [0.29, 0.717) is 13.0 Å². The Morgan fingerprint density at radius 2 is 1.37 bits per heavy atom. The quantitative estimate of drug-likeness (QED) is 0.143. The molecule has 0 fully saturated rings. The van der Waals surface area contributed by atoms with Crippen LogP contribution in [0.5, 0.6) is 0 Å². The van der Waals surface area contributed by atoms with Gasteiger partial charge < -0.3 is 26.6 Å². The van der Waals surface area contributed by atoms with E-state index in [4.69, 9.17) is 0 Å². The first-order chi connectivity index (χ1) is 24.0. The van der Waals surface area contributed by atoms with E-state index in [1.807, 2.05) is 89.2 Å². The molecule has 0 aliphatic carbocycles. The molecule has 12 nitrogen and oxygen atoms in total. The molecule has 3 rings (SSSR count). The Morgan fingerprint density at radius 1 is 0.784 bits per heavy atom. The number of hydrogen-bond donors (Lipinski definition) is 5. The number of anilines is 1. The number of benzene rings is 3. The minimum atomic E-state index is -3.73. The molecule has 0 aliphatic heterocycles. The summed E-state index contributed by atoms with van der Waals surface area (Å²) in [7, 11) is -2.37. The van der Waals surface area contributed by atoms with Crippen LogP contribution in [0.1, 0.15) is 78.1 Å². The number of nitrogens with zero attached hydrogens (tertiary/aromatic N) is 1. The summed E-state index contributed by atoms with van der Waals surface area (Å²) in [5.74, 6) is -1.76. The van der Waals surface area contributed by atoms with Crippen LogP contribution in [-0.2, 0) is 26.0 Å². The summed E-state index contributed by atoms with van der Waals surface area (Å²) in [4.78, 5) is 53.0. The molecule has 4 atom stereocenters. The first-order valence-electron chi connectivity index (χ1n) is 17.1. The monoisotopic (exact) mass is 720 g/mol. The van der Waals surface area contributed by atoms with Crippen molar-refractivity contribution in [1.29, 1.82) is 0 Å². The number of carbonyl (C=O) groups is 4. The van der Waals surface area contributed by atoms with E-state index in [9.17, 15) is 27.6 Å². The van der Waals surface area contributed by atoms with Crippen LogP contribution in [-0.4, -0.2) is 76.6 Å². The molecule has 3 aromatic carbocycles. The van der Waals surface area contributed by atoms with Crippen LogP contribution in [0, 0.1) is 12.8 Å². The molecule has 51 heavy (non-hydrogen) atoms. The molecule has 0 unspecified atom stereocenters. The van der Waals surface area contributed by atoms with Crippen molar-refractivity contribution in [3.63, 3.8) is 0 Å². The van der Waals surface area contributed by atoms with Crippen LogP contribution in [0.2, 0.25) is 0 Å². The fourth-order valence-corrected chi connectivity index (χ4v) is 5.80. The molecule has 0 saturated carbocycles. The van der Waals surface area contributed by atoms with Crippen molar-refractivity contribution in [3.8, 4) is 0 Å². The Kier molecular flexibility index (Phi) is 14.7. The van der Waals surface area contributed by atoms with Crippen LogP contribution in [0.25, 0.3) is 0 Å². The average Bonchev–Trinajstić information content (AvgIpc) is 3.08. The highest BCUT2D eigenvalue weighted by Crippen LogP contribution is 2.22. The average molecular weight is 721 g/mol. The smallest absolute Gasteiger partial charge is 0.251 e. The summed E-state index contributed by atoms with van der Waals surface area (Å²) in [6.07, 6.45) is 1.45. The van der Waals surface area contributed by atoms with Crippen LogP contribution < -0.4 is 30.9 Å². The van der Waals surface area contributed by atoms with Gasteiger partial charge in [0.15, 0.2) is 0 Å². The molecule has 4 amide bonds. The number of sulfonamides is 1. The lowest BCUT2D eigenvalue weighted by Gasteiger charge is -2.25. The third kappa shape index (κ3) is 12.2. The number of carbonyl (C=O) groups excluding carboxylic acids is 4. The summed E-state index contributed by atoms with van der Waals surface area (Å²) < 4.78 is 26.0. The van der Waals surface area contributed by atoms with Crippen molar-refractivity contribution in [2.75, 3.05) is 30.7 Å². The molecule has 13 heteroatoms. The molecular formula is C38H52N6O6S. The molecule has 3 aromatic rings. The van der Waals surface area contributed by atoms with Crippen molar-refractivity contribution < 1.29 is 27.6 Å². The number of nitrogens with one attached hydrogen (secondary N) is 5. The predicted octanol–water partition coefficient (Wildman–Crippen LogP) is 3.48. The molecule has 0 saturated heterocycles. The second kappa shape index (κ2) is 18.5. The minimum Gasteiger partial charge on any atom is -0.355 e. The van der Waals surface area contributed by atoms with Crippen LogP contribution in [0.15, 0.2) is 72.8 Å². The first-order valence-corrected chi connectivity index (χ1v) is 19.0. The van der Waals surface area contributed by atoms with Gasteiger partial charge in [0.2, 0.25) is 21.8 Å². The van der Waals surface area contributed by atoms with Crippen LogP contribution in [0.4, 0.5) is 5.69 Å². The van der Waals surface area contributed by atoms with E-state index >= 15 is 0 Å². The molecule has 0 spiro atoms. The highest BCUT2D eigenvalue weighted by atomic mass is 32.2. The lowest BCUT2D eigenvalue weighted by atomic mass is 10.0. The fraction of sp³-hybridized carbons (Fsp3) is 0.421. The molecule has 0 aromatic heterocycles. The van der Waals surface area contributed by atoms with Crippen LogP contribution in [0.3, 0.4) is 0 Å². The molecule has 5 N–H and O–H groups in total. The number of amides is 4. The second-order valence-electron chi connectivity index (χ2n) is 13.2. The van der Waals surface area contributed by atoms with Crippen molar-refractivity contribution >= 4 is 39.3 Å². The van der Waals surface area contributed by atoms with Gasteiger partial charge >= 0.3 is 0 Å². The summed E-state index contributed by atoms with van der Waals surface area (Å²) >= 11 is 0. The van der Waals surface area contributed by atoms with Crippen molar-refractivity contribution in [2.24, 2.45) is 5.92 Å². The van der Waals surface area contributed by atoms with Crippen molar-refractivity contribution in [1.82, 2.24) is 26.6 Å². The Bertz CT molecular complexity index is 1770. The second-order valence-corrected chi connectivity index (χ2v) is 15.2. The van der Waals surface area contributed by atoms with Gasteiger partial charge in [0, 0.05) is 37.3 Å². The molecule has 0 heterocycles. The maximum absolute atomic E-state index is 13.9. The topological polar surface area (TPSA) is 166 Å². The van der Waals surface area contributed by atoms with Gasteiger partial charge in [-0.25, -0.2) is 8.42 Å². The number of hydrogen-bond acceptors (Lipinski definition) is 7. The van der Waals surface area contributed by atoms with E-state index in [1.165, 1.54) is 25.2 Å². The number of likely N-dealkylation sites (N-methyl/N-ethyl adjacent to an activating group) is 1. The third-order valence-corrected chi connectivity index (χ3v) is 9.76. The Balaban J connectivity index is 1.87. The highest BCUT2D eigenvalue weighted by molar-refractivity contribution is 7.92. The summed E-state index contributed by atoms with van der Waals surface area (Å²) in [5, 5.41) is 14.7. The van der Waals surface area contributed by atoms with Gasteiger partial charge in [-0.1, -0.05) is 74.0 Å². The third-order valence-electron chi connectivity index (χ3n) is 8.55. The number of aryl methyl sites for hydroxylation is 1. The van der Waals surface area contributed by atoms with Gasteiger partial charge in [-0.15, -0.1) is 0 Å². The van der Waals surface area contributed by atoms with Gasteiger partial charge in [0.1, 0.15) is 6.04 Å². The molecular weight excluding hydrogens is 669 g/mol. The molecule has 0 bridgehead atoms. The van der Waals surface area contributed by atoms with Gasteiger partial charge in [0.25, 0.3) is 11.8 Å². The van der Waals surface area contributed by atoms with E-state index in [1.54, 1.807) is 6.92 Å². The van der Waals surface area contributed by atoms with E-state index < -0.39 is 40.0 Å². The fourth-order valence-electron chi connectivity index (χ4n) is 5.32. The maximum Gasteiger partial charge on any atom is 0.251 e. The molecule has 0 aliphatic rings. The molecule has 0 radical (unpaired) electrons. The lowest BCUT2D eigenvalue weighted by molar-refractivity contribution is -0.130. The van der Waals surface area contributed by atoms with E-state index in [2.05, 4.69) is 26.6 Å². The zero-order valence-corrected chi connectivity index (χ0v) is 31.6. The zero-order valence-electron chi connectivity index (χ0n) is 30.7. The minimum absolute atomic E-state index is 0.0849. The van der Waals surface area contributed by atoms with Gasteiger partial charge in [-0.3, -0.25) is 23.5 Å². The summed E-state index contributed by atoms with van der Waals surface area (Å²) in [5.41, 5.74) is 3.25. The Labute approximate surface area is 302 Å². The highest BCUT2D eigenvalue weighted by Gasteiger charge is 2.27. The predicted molar refractivity (Wildman–Crippen MR) is 201 cm³/mol. The zero-order chi connectivity index (χ0) is 37.9. The van der Waals surface area contributed by atoms with E-state index in [0.717, 1.165) is 27.3 Å². The summed E-state index contributed by atoms with van der Waals surface area (Å²) in [6.45, 7) is 11.6. The van der Waals surface area contributed by atoms with Gasteiger partial charge in [0.05, 0.1) is 24.0 Å². The lowest BCUT2D eigenvalue weighted by Crippen LogP contribution is -2.55.